The van der Waals surface area contributed by atoms with Crippen LogP contribution < -0.4 is 0 Å². The van der Waals surface area contributed by atoms with Crippen LogP contribution in [0.15, 0.2) is 23.3 Å². The maximum absolute atomic E-state index is 12.1. The molecule has 108 valence electrons. The average Bonchev–Trinajstić information content (AvgIpc) is 2.50. The fraction of sp³-hybridized carbons (Fsp3) is 0.571. The minimum Gasteiger partial charge on any atom is -0.466 e. The summed E-state index contributed by atoms with van der Waals surface area (Å²) >= 11 is 12.6. The highest BCUT2D eigenvalue weighted by Gasteiger charge is 2.62. The number of halogens is 2. The third-order valence-electron chi connectivity index (χ3n) is 4.61. The molecule has 6 atom stereocenters. The first-order chi connectivity index (χ1) is 9.52. The zero-order valence-electron chi connectivity index (χ0n) is 11.0. The van der Waals surface area contributed by atoms with Crippen molar-refractivity contribution in [2.24, 2.45) is 23.7 Å². The molecule has 0 saturated heterocycles. The molecule has 20 heavy (non-hydrogen) atoms. The molecule has 0 radical (unpaired) electrons. The van der Waals surface area contributed by atoms with E-state index in [9.17, 15) is 9.59 Å². The number of carbonyl (C=O) groups excluding carboxylic acids is 2. The summed E-state index contributed by atoms with van der Waals surface area (Å²) in [5.41, 5.74) is 0.754. The Labute approximate surface area is 126 Å². The molecule has 6 heteroatoms. The molecule has 0 heterocycles. The predicted molar refractivity (Wildman–Crippen MR) is 73.4 cm³/mol. The van der Waals surface area contributed by atoms with Crippen molar-refractivity contribution in [3.8, 4) is 0 Å². The van der Waals surface area contributed by atoms with Gasteiger partial charge in [-0.1, -0.05) is 12.2 Å². The minimum absolute atomic E-state index is 0.0803. The smallest absolute Gasteiger partial charge is 0.334 e. The SMILES string of the molecule is COC(=O)C1=C(C(=O)OC)[C@@H]2C=C[C@H]1C1C(Cl)[C@@H](Cl)[C@@H]12. The highest BCUT2D eigenvalue weighted by molar-refractivity contribution is 6.32. The van der Waals surface area contributed by atoms with E-state index in [1.54, 1.807) is 0 Å². The second-order valence-corrected chi connectivity index (χ2v) is 6.30. The number of carbonyl (C=O) groups is 2. The molecule has 0 N–H and O–H groups in total. The van der Waals surface area contributed by atoms with Crippen molar-refractivity contribution in [3.63, 3.8) is 0 Å². The van der Waals surface area contributed by atoms with E-state index in [0.29, 0.717) is 11.1 Å². The molecule has 4 nitrogen and oxygen atoms in total. The second kappa shape index (κ2) is 4.78. The van der Waals surface area contributed by atoms with Crippen molar-refractivity contribution < 1.29 is 19.1 Å². The monoisotopic (exact) mass is 316 g/mol. The lowest BCUT2D eigenvalue weighted by molar-refractivity contribution is -0.142. The van der Waals surface area contributed by atoms with Gasteiger partial charge in [0.15, 0.2) is 0 Å². The second-order valence-electron chi connectivity index (χ2n) is 5.29. The van der Waals surface area contributed by atoms with Crippen LogP contribution in [0.4, 0.5) is 0 Å². The Morgan fingerprint density at radius 1 is 0.900 bits per heavy atom. The summed E-state index contributed by atoms with van der Waals surface area (Å²) in [4.78, 5) is 24.1. The zero-order chi connectivity index (χ0) is 14.6. The van der Waals surface area contributed by atoms with E-state index in [1.807, 2.05) is 12.2 Å². The van der Waals surface area contributed by atoms with Crippen molar-refractivity contribution >= 4 is 35.1 Å². The van der Waals surface area contributed by atoms with Crippen LogP contribution >= 0.6 is 23.2 Å². The molecule has 0 amide bonds. The third kappa shape index (κ3) is 1.61. The Morgan fingerprint density at radius 2 is 1.25 bits per heavy atom. The Balaban J connectivity index is 2.11. The van der Waals surface area contributed by atoms with Crippen LogP contribution in [-0.2, 0) is 19.1 Å². The van der Waals surface area contributed by atoms with Crippen LogP contribution in [0.25, 0.3) is 0 Å². The van der Waals surface area contributed by atoms with Crippen molar-refractivity contribution in [1.82, 2.24) is 0 Å². The summed E-state index contributed by atoms with van der Waals surface area (Å²) in [5, 5.41) is -0.393. The molecule has 2 bridgehead atoms. The van der Waals surface area contributed by atoms with Crippen molar-refractivity contribution in [2.45, 2.75) is 10.8 Å². The highest BCUT2D eigenvalue weighted by Crippen LogP contribution is 2.60. The molecule has 1 saturated carbocycles. The van der Waals surface area contributed by atoms with Gasteiger partial charge in [-0.05, 0) is 11.8 Å². The first kappa shape index (κ1) is 14.0. The molecule has 1 fully saturated rings. The van der Waals surface area contributed by atoms with Crippen LogP contribution in [0.3, 0.4) is 0 Å². The van der Waals surface area contributed by atoms with E-state index in [4.69, 9.17) is 32.7 Å². The van der Waals surface area contributed by atoms with Gasteiger partial charge in [-0.2, -0.15) is 0 Å². The lowest BCUT2D eigenvalue weighted by Crippen LogP contribution is -2.61. The Hall–Kier alpha value is -1.00. The van der Waals surface area contributed by atoms with Gasteiger partial charge in [-0.3, -0.25) is 0 Å². The number of rotatable bonds is 2. The van der Waals surface area contributed by atoms with E-state index in [0.717, 1.165) is 0 Å². The summed E-state index contributed by atoms with van der Waals surface area (Å²) in [7, 11) is 2.61. The van der Waals surface area contributed by atoms with Crippen LogP contribution in [0.2, 0.25) is 0 Å². The topological polar surface area (TPSA) is 52.6 Å². The highest BCUT2D eigenvalue weighted by atomic mass is 35.5. The van der Waals surface area contributed by atoms with Gasteiger partial charge < -0.3 is 9.47 Å². The zero-order valence-corrected chi connectivity index (χ0v) is 12.5. The normalized spacial score (nSPS) is 41.0. The number of methoxy groups -OCH3 is 2. The van der Waals surface area contributed by atoms with Crippen LogP contribution in [0.5, 0.6) is 0 Å². The molecular formula is C14H14Cl2O4. The predicted octanol–water partition coefficient (Wildman–Crippen LogP) is 1.91. The standard InChI is InChI=1S/C14H14Cl2O4/c1-19-13(17)9-5-3-4-6(10(9)14(18)20-2)8-7(5)11(15)12(8)16/h3-8,11-12H,1-2H3/t5-,6+,7-,8?,11+,12?/m1/s1. The van der Waals surface area contributed by atoms with Crippen molar-refractivity contribution in [2.75, 3.05) is 14.2 Å². The van der Waals surface area contributed by atoms with Gasteiger partial charge in [0.25, 0.3) is 0 Å². The van der Waals surface area contributed by atoms with E-state index in [1.165, 1.54) is 14.2 Å². The summed E-state index contributed by atoms with van der Waals surface area (Å²) in [6, 6.07) is 0. The van der Waals surface area contributed by atoms with Gasteiger partial charge >= 0.3 is 11.9 Å². The largest absolute Gasteiger partial charge is 0.466 e. The number of allylic oxidation sites excluding steroid dienone is 2. The van der Waals surface area contributed by atoms with Crippen molar-refractivity contribution in [3.05, 3.63) is 23.3 Å². The molecule has 2 unspecified atom stereocenters. The quantitative estimate of drug-likeness (QED) is 0.443. The molecule has 0 spiro atoms. The molecular weight excluding hydrogens is 303 g/mol. The Bertz CT molecular complexity index is 493. The third-order valence-corrected chi connectivity index (χ3v) is 5.86. The first-order valence-corrected chi connectivity index (χ1v) is 7.27. The summed E-state index contributed by atoms with van der Waals surface area (Å²) < 4.78 is 9.64. The van der Waals surface area contributed by atoms with Crippen LogP contribution in [0.1, 0.15) is 0 Å². The number of ether oxygens (including phenoxy) is 2. The van der Waals surface area contributed by atoms with Gasteiger partial charge in [0.1, 0.15) is 0 Å². The first-order valence-electron chi connectivity index (χ1n) is 6.40. The lowest BCUT2D eigenvalue weighted by atomic mass is 9.51. The molecule has 0 aromatic rings. The fourth-order valence-electron chi connectivity index (χ4n) is 3.72. The molecule has 0 aromatic carbocycles. The van der Waals surface area contributed by atoms with Crippen LogP contribution in [0, 0.1) is 23.7 Å². The molecule has 0 aromatic heterocycles. The number of hydrogen-bond donors (Lipinski definition) is 0. The average molecular weight is 317 g/mol. The molecule has 0 aliphatic heterocycles. The van der Waals surface area contributed by atoms with Gasteiger partial charge in [-0.15, -0.1) is 23.2 Å². The number of alkyl halides is 2. The van der Waals surface area contributed by atoms with Gasteiger partial charge in [0, 0.05) is 11.8 Å². The van der Waals surface area contributed by atoms with E-state index < -0.39 is 11.9 Å². The Morgan fingerprint density at radius 3 is 1.55 bits per heavy atom. The lowest BCUT2D eigenvalue weighted by Gasteiger charge is -2.57. The van der Waals surface area contributed by atoms with Gasteiger partial charge in [0.2, 0.25) is 0 Å². The maximum Gasteiger partial charge on any atom is 0.334 e. The van der Waals surface area contributed by atoms with Crippen molar-refractivity contribution in [1.29, 1.82) is 0 Å². The number of esters is 2. The van der Waals surface area contributed by atoms with E-state index in [-0.39, 0.29) is 34.4 Å². The van der Waals surface area contributed by atoms with Gasteiger partial charge in [0.05, 0.1) is 36.1 Å². The number of hydrogen-bond acceptors (Lipinski definition) is 4. The van der Waals surface area contributed by atoms with Gasteiger partial charge in [-0.25, -0.2) is 9.59 Å². The summed E-state index contributed by atoms with van der Waals surface area (Å²) in [5.74, 6) is -1.27. The summed E-state index contributed by atoms with van der Waals surface area (Å²) in [6.45, 7) is 0. The molecule has 4 rings (SSSR count). The minimum atomic E-state index is -0.495. The van der Waals surface area contributed by atoms with Crippen LogP contribution in [-0.4, -0.2) is 36.9 Å². The van der Waals surface area contributed by atoms with E-state index >= 15 is 0 Å². The summed E-state index contributed by atoms with van der Waals surface area (Å²) in [6.07, 6.45) is 3.87. The molecule has 4 aliphatic rings. The fourth-order valence-corrected chi connectivity index (χ4v) is 4.71. The van der Waals surface area contributed by atoms with E-state index in [2.05, 4.69) is 0 Å². The molecule has 4 aliphatic carbocycles. The Kier molecular flexibility index (Phi) is 3.33. The maximum atomic E-state index is 12.1.